The summed E-state index contributed by atoms with van der Waals surface area (Å²) in [5.41, 5.74) is 1.08. The van der Waals surface area contributed by atoms with E-state index in [1.54, 1.807) is 13.2 Å². The van der Waals surface area contributed by atoms with Crippen molar-refractivity contribution in [3.05, 3.63) is 30.0 Å². The Kier molecular flexibility index (Phi) is 7.93. The number of ether oxygens (including phenoxy) is 1. The van der Waals surface area contributed by atoms with Gasteiger partial charge in [-0.15, -0.1) is 0 Å². The summed E-state index contributed by atoms with van der Waals surface area (Å²) in [7, 11) is 1.57. The Balaban J connectivity index is 1.72. The molecule has 3 amide bonds. The van der Waals surface area contributed by atoms with Gasteiger partial charge in [0.2, 0.25) is 11.8 Å². The number of nitrogens with one attached hydrogen (secondary N) is 4. The number of benzene rings is 1. The summed E-state index contributed by atoms with van der Waals surface area (Å²) in [6.45, 7) is 4.55. The van der Waals surface area contributed by atoms with Gasteiger partial charge in [0, 0.05) is 29.4 Å². The monoisotopic (exact) mass is 453 g/mol. The second kappa shape index (κ2) is 10.9. The Bertz CT molecular complexity index is 1050. The Labute approximate surface area is 193 Å². The lowest BCUT2D eigenvalue weighted by atomic mass is 9.96. The van der Waals surface area contributed by atoms with Crippen LogP contribution in [0.2, 0.25) is 0 Å². The lowest BCUT2D eigenvalue weighted by Crippen LogP contribution is -2.50. The van der Waals surface area contributed by atoms with E-state index in [2.05, 4.69) is 27.0 Å². The van der Waals surface area contributed by atoms with Crippen LogP contribution in [0.1, 0.15) is 50.0 Å². The highest BCUT2D eigenvalue weighted by molar-refractivity contribution is 6.01. The highest BCUT2D eigenvalue weighted by atomic mass is 16.5. The normalized spacial score (nSPS) is 17.3. The zero-order valence-electron chi connectivity index (χ0n) is 19.2. The quantitative estimate of drug-likeness (QED) is 0.437. The van der Waals surface area contributed by atoms with Gasteiger partial charge in [0.15, 0.2) is 0 Å². The maximum atomic E-state index is 13.1. The number of hydrogen-bond donors (Lipinski definition) is 4. The molecule has 2 aromatic rings. The summed E-state index contributed by atoms with van der Waals surface area (Å²) in [5.74, 6) is -0.226. The molecule has 3 rings (SSSR count). The molecule has 3 atom stereocenters. The molecule has 1 aliphatic rings. The number of amides is 3. The number of aromatic amines is 1. The van der Waals surface area contributed by atoms with Gasteiger partial charge in [-0.25, -0.2) is 0 Å². The highest BCUT2D eigenvalue weighted by Crippen LogP contribution is 2.26. The molecule has 0 radical (unpaired) electrons. The van der Waals surface area contributed by atoms with Crippen LogP contribution in [0.5, 0.6) is 5.75 Å². The van der Waals surface area contributed by atoms with Crippen LogP contribution in [0.25, 0.3) is 10.9 Å². The molecule has 1 fully saturated rings. The molecule has 0 bridgehead atoms. The molecule has 1 aromatic carbocycles. The predicted molar refractivity (Wildman–Crippen MR) is 123 cm³/mol. The average Bonchev–Trinajstić information content (AvgIpc) is 3.39. The van der Waals surface area contributed by atoms with Crippen LogP contribution in [0.3, 0.4) is 0 Å². The first-order valence-electron chi connectivity index (χ1n) is 11.2. The first kappa shape index (κ1) is 24.1. The molecular formula is C24H31N5O4. The van der Waals surface area contributed by atoms with Crippen LogP contribution in [0.4, 0.5) is 0 Å². The maximum Gasteiger partial charge on any atom is 0.268 e. The van der Waals surface area contributed by atoms with Gasteiger partial charge < -0.3 is 25.7 Å². The fourth-order valence-corrected chi connectivity index (χ4v) is 4.19. The first-order valence-corrected chi connectivity index (χ1v) is 11.2. The van der Waals surface area contributed by atoms with Gasteiger partial charge in [-0.1, -0.05) is 19.9 Å². The molecule has 1 aliphatic heterocycles. The van der Waals surface area contributed by atoms with E-state index in [1.165, 1.54) is 0 Å². The number of carbonyl (C=O) groups is 3. The van der Waals surface area contributed by atoms with Crippen LogP contribution >= 0.6 is 0 Å². The lowest BCUT2D eigenvalue weighted by molar-refractivity contribution is -0.125. The van der Waals surface area contributed by atoms with Gasteiger partial charge in [-0.2, -0.15) is 5.26 Å². The minimum Gasteiger partial charge on any atom is -0.496 e. The number of fused-ring (bicyclic) bond motifs is 1. The number of carbonyl (C=O) groups excluding carboxylic acids is 3. The Morgan fingerprint density at radius 3 is 2.73 bits per heavy atom. The van der Waals surface area contributed by atoms with Crippen LogP contribution < -0.4 is 20.7 Å². The number of hydrogen-bond acceptors (Lipinski definition) is 5. The summed E-state index contributed by atoms with van der Waals surface area (Å²) >= 11 is 0. The van der Waals surface area contributed by atoms with Crippen molar-refractivity contribution in [3.63, 3.8) is 0 Å². The van der Waals surface area contributed by atoms with Crippen LogP contribution in [-0.4, -0.2) is 48.4 Å². The summed E-state index contributed by atoms with van der Waals surface area (Å²) in [5, 5.41) is 18.5. The van der Waals surface area contributed by atoms with E-state index in [1.807, 2.05) is 32.0 Å². The molecule has 176 valence electrons. The minimum absolute atomic E-state index is 0.0477. The van der Waals surface area contributed by atoms with Gasteiger partial charge >= 0.3 is 0 Å². The van der Waals surface area contributed by atoms with Gasteiger partial charge in [0.1, 0.15) is 17.5 Å². The summed E-state index contributed by atoms with van der Waals surface area (Å²) in [4.78, 5) is 41.1. The number of methoxy groups -OCH3 is 1. The van der Waals surface area contributed by atoms with Gasteiger partial charge in [-0.05, 0) is 43.4 Å². The Morgan fingerprint density at radius 1 is 1.30 bits per heavy atom. The van der Waals surface area contributed by atoms with E-state index in [4.69, 9.17) is 4.74 Å². The van der Waals surface area contributed by atoms with E-state index in [-0.39, 0.29) is 30.1 Å². The van der Waals surface area contributed by atoms with Gasteiger partial charge in [0.05, 0.1) is 19.6 Å². The fraction of sp³-hybridized carbons (Fsp3) is 0.500. The second-order valence-corrected chi connectivity index (χ2v) is 8.84. The first-order chi connectivity index (χ1) is 15.8. The molecule has 0 spiro atoms. The number of aromatic nitrogens is 1. The standard InChI is InChI=1S/C24H31N5O4/c1-14(2)11-19(23(31)27-16(7-9-25)12-15-8-10-26-22(15)30)29-24(32)20-13-17-18(28-20)5-4-6-21(17)33-3/h4-6,13-16,19,28H,7-8,10-12H2,1-3H3,(H,26,30)(H,27,31)(H,29,32)/t15-,16+,19-/m0/s1. The van der Waals surface area contributed by atoms with E-state index in [0.717, 1.165) is 10.9 Å². The zero-order chi connectivity index (χ0) is 24.0. The fourth-order valence-electron chi connectivity index (χ4n) is 4.19. The van der Waals surface area contributed by atoms with Crippen molar-refractivity contribution in [1.29, 1.82) is 5.26 Å². The number of rotatable bonds is 10. The molecule has 2 heterocycles. The molecule has 4 N–H and O–H groups in total. The van der Waals surface area contributed by atoms with E-state index in [9.17, 15) is 19.6 Å². The molecule has 0 aliphatic carbocycles. The van der Waals surface area contributed by atoms with Crippen molar-refractivity contribution < 1.29 is 19.1 Å². The van der Waals surface area contributed by atoms with Crippen LogP contribution in [0.15, 0.2) is 24.3 Å². The smallest absolute Gasteiger partial charge is 0.268 e. The Morgan fingerprint density at radius 2 is 2.09 bits per heavy atom. The third kappa shape index (κ3) is 6.04. The molecule has 9 nitrogen and oxygen atoms in total. The largest absolute Gasteiger partial charge is 0.496 e. The van der Waals surface area contributed by atoms with E-state index in [0.29, 0.717) is 37.3 Å². The topological polar surface area (TPSA) is 136 Å². The van der Waals surface area contributed by atoms with Crippen molar-refractivity contribution in [1.82, 2.24) is 20.9 Å². The molecule has 1 aromatic heterocycles. The van der Waals surface area contributed by atoms with Crippen molar-refractivity contribution in [2.45, 2.75) is 51.6 Å². The number of H-pyrrole nitrogens is 1. The average molecular weight is 454 g/mol. The zero-order valence-corrected chi connectivity index (χ0v) is 19.2. The van der Waals surface area contributed by atoms with Crippen molar-refractivity contribution >= 4 is 28.6 Å². The molecule has 0 unspecified atom stereocenters. The van der Waals surface area contributed by atoms with Crippen molar-refractivity contribution in [2.24, 2.45) is 11.8 Å². The van der Waals surface area contributed by atoms with Crippen LogP contribution in [0, 0.1) is 23.2 Å². The second-order valence-electron chi connectivity index (χ2n) is 8.84. The summed E-state index contributed by atoms with van der Waals surface area (Å²) in [6.07, 6.45) is 1.62. The van der Waals surface area contributed by atoms with E-state index < -0.39 is 18.0 Å². The molecular weight excluding hydrogens is 422 g/mol. The lowest BCUT2D eigenvalue weighted by Gasteiger charge is -2.24. The summed E-state index contributed by atoms with van der Waals surface area (Å²) < 4.78 is 5.35. The third-order valence-corrected chi connectivity index (χ3v) is 5.83. The predicted octanol–water partition coefficient (Wildman–Crippen LogP) is 2.25. The number of nitrogens with zero attached hydrogens (tertiary/aromatic N) is 1. The van der Waals surface area contributed by atoms with Crippen molar-refractivity contribution in [2.75, 3.05) is 13.7 Å². The SMILES string of the molecule is COc1cccc2[nH]c(C(=O)N[C@@H](CC(C)C)C(=O)N[C@H](CC#N)C[C@@H]3CCNC3=O)cc12. The minimum atomic E-state index is -0.774. The van der Waals surface area contributed by atoms with Crippen LogP contribution in [-0.2, 0) is 9.59 Å². The summed E-state index contributed by atoms with van der Waals surface area (Å²) in [6, 6.07) is 8.04. The van der Waals surface area contributed by atoms with Gasteiger partial charge in [-0.3, -0.25) is 14.4 Å². The van der Waals surface area contributed by atoms with Crippen molar-refractivity contribution in [3.8, 4) is 11.8 Å². The molecule has 1 saturated heterocycles. The molecule has 9 heteroatoms. The third-order valence-electron chi connectivity index (χ3n) is 5.83. The van der Waals surface area contributed by atoms with Gasteiger partial charge in [0.25, 0.3) is 5.91 Å². The molecule has 33 heavy (non-hydrogen) atoms. The number of nitriles is 1. The Hall–Kier alpha value is -3.54. The highest BCUT2D eigenvalue weighted by Gasteiger charge is 2.30. The van der Waals surface area contributed by atoms with E-state index >= 15 is 0 Å². The molecule has 0 saturated carbocycles. The maximum absolute atomic E-state index is 13.1.